The van der Waals surface area contributed by atoms with Gasteiger partial charge in [-0.2, -0.15) is 22.0 Å². The Morgan fingerprint density at radius 1 is 1.09 bits per heavy atom. The molecule has 0 radical (unpaired) electrons. The highest BCUT2D eigenvalue weighted by Gasteiger charge is 2.63. The van der Waals surface area contributed by atoms with E-state index in [1.807, 2.05) is 30.3 Å². The van der Waals surface area contributed by atoms with Crippen LogP contribution in [-0.4, -0.2) is 55.1 Å². The molecule has 1 unspecified atom stereocenters. The quantitative estimate of drug-likeness (QED) is 0.218. The van der Waals surface area contributed by atoms with Crippen LogP contribution in [0.3, 0.4) is 0 Å². The van der Waals surface area contributed by atoms with Crippen molar-refractivity contribution in [1.29, 1.82) is 0 Å². The topological polar surface area (TPSA) is 83.5 Å². The van der Waals surface area contributed by atoms with Crippen LogP contribution in [0.4, 0.5) is 22.0 Å². The Bertz CT molecular complexity index is 1150. The normalized spacial score (nSPS) is 13.9. The fraction of sp³-hybridized carbons (Fsp3) is 0.318. The molecule has 12 heteroatoms. The maximum absolute atomic E-state index is 13.8. The molecule has 1 atom stereocenters. The first-order valence-electron chi connectivity index (χ1n) is 9.70. The molecule has 0 fully saturated rings. The number of ether oxygens (including phenoxy) is 1. The largest absolute Gasteiger partial charge is 0.743 e. The van der Waals surface area contributed by atoms with E-state index in [1.165, 1.54) is 18.2 Å². The number of esters is 1. The first kappa shape index (κ1) is 27.4. The molecule has 0 aliphatic carbocycles. The van der Waals surface area contributed by atoms with Crippen molar-refractivity contribution in [3.05, 3.63) is 77.4 Å². The number of nitrogens with zero attached hydrogens (tertiary/aromatic N) is 1. The Kier molecular flexibility index (Phi) is 7.91. The summed E-state index contributed by atoms with van der Waals surface area (Å²) < 4.78 is 104. The lowest BCUT2D eigenvalue weighted by atomic mass is 10.0. The van der Waals surface area contributed by atoms with Gasteiger partial charge in [-0.1, -0.05) is 49.1 Å². The lowest BCUT2D eigenvalue weighted by molar-refractivity contribution is -0.916. The molecule has 0 aliphatic rings. The predicted octanol–water partition coefficient (Wildman–Crippen LogP) is 4.33. The van der Waals surface area contributed by atoms with Crippen LogP contribution < -0.4 is 0 Å². The smallest absolute Gasteiger partial charge is 0.432 e. The number of carbonyl (C=O) groups excluding carboxylic acids is 1. The number of hydrogen-bond acceptors (Lipinski definition) is 5. The van der Waals surface area contributed by atoms with Gasteiger partial charge in [0.15, 0.2) is 10.1 Å². The molecule has 186 valence electrons. The summed E-state index contributed by atoms with van der Waals surface area (Å²) in [5, 5.41) is -5.93. The molecule has 34 heavy (non-hydrogen) atoms. The molecule has 0 heterocycles. The second kappa shape index (κ2) is 9.80. The number of benzene rings is 2. The van der Waals surface area contributed by atoms with Crippen molar-refractivity contribution in [2.75, 3.05) is 14.1 Å². The van der Waals surface area contributed by atoms with E-state index in [9.17, 15) is 39.7 Å². The molecular formula is C22H22F5NO5S. The minimum absolute atomic E-state index is 0.0634. The molecule has 2 aromatic carbocycles. The average Bonchev–Trinajstić information content (AvgIpc) is 2.70. The zero-order chi connectivity index (χ0) is 25.9. The maximum atomic E-state index is 13.8. The number of rotatable bonds is 9. The Balaban J connectivity index is 2.44. The van der Waals surface area contributed by atoms with E-state index in [0.717, 1.165) is 11.6 Å². The van der Waals surface area contributed by atoms with Crippen LogP contribution in [0, 0.1) is 0 Å². The standard InChI is InChI=1S/C22H22F5NO5S/c1-4-15-10-11-18(17(12-15)14-28(2,3)13-16-8-6-5-7-9-16)19(29)33-20(21(23,24)25)22(26,27)34(30,31)32/h4-12,20H,1,13-14H2,2-3H3. The first-order valence-corrected chi connectivity index (χ1v) is 11.1. The third-order valence-corrected chi connectivity index (χ3v) is 5.68. The third kappa shape index (κ3) is 6.61. The molecular weight excluding hydrogens is 485 g/mol. The summed E-state index contributed by atoms with van der Waals surface area (Å²) in [5.74, 6) is -1.85. The molecule has 0 aliphatic heterocycles. The number of carbonyl (C=O) groups is 1. The minimum atomic E-state index is -6.79. The zero-order valence-electron chi connectivity index (χ0n) is 18.2. The monoisotopic (exact) mass is 507 g/mol. The maximum Gasteiger partial charge on any atom is 0.432 e. The Morgan fingerprint density at radius 2 is 1.68 bits per heavy atom. The van der Waals surface area contributed by atoms with Gasteiger partial charge in [0.2, 0.25) is 0 Å². The molecule has 0 spiro atoms. The number of alkyl halides is 5. The van der Waals surface area contributed by atoms with Crippen LogP contribution in [-0.2, 0) is 27.9 Å². The van der Waals surface area contributed by atoms with Gasteiger partial charge in [-0.15, -0.1) is 0 Å². The van der Waals surface area contributed by atoms with Crippen LogP contribution >= 0.6 is 0 Å². The van der Waals surface area contributed by atoms with E-state index < -0.39 is 39.2 Å². The summed E-state index contributed by atoms with van der Waals surface area (Å²) in [6.45, 7) is 4.09. The fourth-order valence-electron chi connectivity index (χ4n) is 3.29. The van der Waals surface area contributed by atoms with Crippen LogP contribution in [0.25, 0.3) is 6.08 Å². The molecule has 0 aromatic heterocycles. The molecule has 0 saturated heterocycles. The average molecular weight is 507 g/mol. The van der Waals surface area contributed by atoms with Gasteiger partial charge in [-0.05, 0) is 17.7 Å². The second-order valence-corrected chi connectivity index (χ2v) is 9.65. The Hall–Kier alpha value is -2.83. The van der Waals surface area contributed by atoms with Gasteiger partial charge < -0.3 is 13.8 Å². The third-order valence-electron chi connectivity index (χ3n) is 4.80. The van der Waals surface area contributed by atoms with E-state index in [2.05, 4.69) is 11.3 Å². The molecule has 6 nitrogen and oxygen atoms in total. The molecule has 2 aromatic rings. The van der Waals surface area contributed by atoms with Crippen molar-refractivity contribution in [1.82, 2.24) is 0 Å². The summed E-state index contributed by atoms with van der Waals surface area (Å²) in [5.41, 5.74) is 1.08. The van der Waals surface area contributed by atoms with Crippen LogP contribution in [0.1, 0.15) is 27.0 Å². The molecule has 0 bridgehead atoms. The summed E-state index contributed by atoms with van der Waals surface area (Å²) in [6.07, 6.45) is -9.10. The number of hydrogen-bond donors (Lipinski definition) is 0. The summed E-state index contributed by atoms with van der Waals surface area (Å²) >= 11 is 0. The van der Waals surface area contributed by atoms with Gasteiger partial charge in [0.25, 0.3) is 6.10 Å². The van der Waals surface area contributed by atoms with E-state index in [-0.39, 0.29) is 16.6 Å². The molecule has 0 N–H and O–H groups in total. The van der Waals surface area contributed by atoms with Gasteiger partial charge >= 0.3 is 17.4 Å². The fourth-order valence-corrected chi connectivity index (χ4v) is 3.74. The van der Waals surface area contributed by atoms with Crippen molar-refractivity contribution in [2.24, 2.45) is 0 Å². The Labute approximate surface area is 193 Å². The van der Waals surface area contributed by atoms with Crippen molar-refractivity contribution >= 4 is 22.2 Å². The highest BCUT2D eigenvalue weighted by molar-refractivity contribution is 7.86. The van der Waals surface area contributed by atoms with E-state index in [0.29, 0.717) is 12.1 Å². The molecule has 0 saturated carbocycles. The lowest BCUT2D eigenvalue weighted by Gasteiger charge is -2.32. The van der Waals surface area contributed by atoms with Crippen molar-refractivity contribution < 1.29 is 48.9 Å². The first-order chi connectivity index (χ1) is 15.5. The molecule has 2 rings (SSSR count). The number of quaternary nitrogens is 1. The highest BCUT2D eigenvalue weighted by Crippen LogP contribution is 2.38. The lowest BCUT2D eigenvalue weighted by Crippen LogP contribution is -2.52. The van der Waals surface area contributed by atoms with E-state index in [4.69, 9.17) is 0 Å². The summed E-state index contributed by atoms with van der Waals surface area (Å²) in [6, 6.07) is 13.0. The van der Waals surface area contributed by atoms with Crippen LogP contribution in [0.2, 0.25) is 0 Å². The summed E-state index contributed by atoms with van der Waals surface area (Å²) in [4.78, 5) is 12.6. The van der Waals surface area contributed by atoms with Gasteiger partial charge in [0, 0.05) is 11.1 Å². The highest BCUT2D eigenvalue weighted by atomic mass is 32.2. The van der Waals surface area contributed by atoms with Gasteiger partial charge in [-0.25, -0.2) is 13.2 Å². The molecule has 0 amide bonds. The van der Waals surface area contributed by atoms with Crippen molar-refractivity contribution in [3.63, 3.8) is 0 Å². The van der Waals surface area contributed by atoms with Gasteiger partial charge in [0.1, 0.15) is 13.1 Å². The van der Waals surface area contributed by atoms with Gasteiger partial charge in [-0.3, -0.25) is 0 Å². The van der Waals surface area contributed by atoms with Crippen molar-refractivity contribution in [3.8, 4) is 0 Å². The van der Waals surface area contributed by atoms with Crippen molar-refractivity contribution in [2.45, 2.75) is 30.6 Å². The van der Waals surface area contributed by atoms with Gasteiger partial charge in [0.05, 0.1) is 19.7 Å². The summed E-state index contributed by atoms with van der Waals surface area (Å²) in [7, 11) is -3.24. The second-order valence-electron chi connectivity index (χ2n) is 8.20. The predicted molar refractivity (Wildman–Crippen MR) is 112 cm³/mol. The van der Waals surface area contributed by atoms with E-state index in [1.54, 1.807) is 14.1 Å². The van der Waals surface area contributed by atoms with Crippen LogP contribution in [0.15, 0.2) is 55.1 Å². The minimum Gasteiger partial charge on any atom is -0.743 e. The Morgan fingerprint density at radius 3 is 2.18 bits per heavy atom. The van der Waals surface area contributed by atoms with E-state index >= 15 is 0 Å². The SMILES string of the molecule is C=Cc1ccc(C(=O)OC(C(F)(F)F)C(F)(F)S(=O)(=O)[O-])c(C[N+](C)(C)Cc2ccccc2)c1. The number of halogens is 5. The van der Waals surface area contributed by atoms with Crippen LogP contribution in [0.5, 0.6) is 0 Å². The zero-order valence-corrected chi connectivity index (χ0v) is 19.0.